The topological polar surface area (TPSA) is 78.2 Å². The van der Waals surface area contributed by atoms with Crippen molar-refractivity contribution < 1.29 is 28.2 Å². The number of anilines is 1. The van der Waals surface area contributed by atoms with Crippen molar-refractivity contribution in [2.75, 3.05) is 18.6 Å². The van der Waals surface area contributed by atoms with Gasteiger partial charge < -0.3 is 18.6 Å². The molecule has 1 amide bonds. The molecule has 0 N–H and O–H groups in total. The number of fused-ring (bicyclic) bond motifs is 1. The SMILES string of the molecule is COC(=O)c1cc2c(Br)c(N(C/C=C/Cl)C(=O)OC(C)(C)C)cc(OCc3ccccc3)c2o1. The van der Waals surface area contributed by atoms with Crippen LogP contribution in [0.15, 0.2) is 63.0 Å². The lowest BCUT2D eigenvalue weighted by Gasteiger charge is -2.27. The van der Waals surface area contributed by atoms with E-state index in [-0.39, 0.29) is 18.9 Å². The van der Waals surface area contributed by atoms with Crippen LogP contribution in [0.4, 0.5) is 10.5 Å². The summed E-state index contributed by atoms with van der Waals surface area (Å²) in [7, 11) is 1.27. The normalized spacial score (nSPS) is 11.6. The second kappa shape index (κ2) is 11.0. The molecular weight excluding hydrogens is 526 g/mol. The fourth-order valence-corrected chi connectivity index (χ4v) is 3.80. The lowest BCUT2D eigenvalue weighted by atomic mass is 10.2. The quantitative estimate of drug-likeness (QED) is 0.293. The Bertz CT molecular complexity index is 1200. The van der Waals surface area contributed by atoms with E-state index < -0.39 is 17.7 Å². The molecule has 0 aliphatic rings. The van der Waals surface area contributed by atoms with Gasteiger partial charge in [-0.05, 0) is 42.3 Å². The van der Waals surface area contributed by atoms with Crippen LogP contribution < -0.4 is 9.64 Å². The van der Waals surface area contributed by atoms with E-state index in [1.807, 2.05) is 30.3 Å². The van der Waals surface area contributed by atoms with Crippen LogP contribution in [-0.4, -0.2) is 31.3 Å². The maximum Gasteiger partial charge on any atom is 0.415 e. The molecule has 0 fully saturated rings. The van der Waals surface area contributed by atoms with Gasteiger partial charge in [-0.15, -0.1) is 0 Å². The van der Waals surface area contributed by atoms with E-state index in [1.54, 1.807) is 32.9 Å². The molecule has 9 heteroatoms. The second-order valence-corrected chi connectivity index (χ2v) is 9.32. The summed E-state index contributed by atoms with van der Waals surface area (Å²) >= 11 is 9.31. The van der Waals surface area contributed by atoms with Crippen LogP contribution in [-0.2, 0) is 16.1 Å². The van der Waals surface area contributed by atoms with Gasteiger partial charge in [0.15, 0.2) is 11.3 Å². The van der Waals surface area contributed by atoms with E-state index in [2.05, 4.69) is 15.9 Å². The van der Waals surface area contributed by atoms with Crippen molar-refractivity contribution in [3.63, 3.8) is 0 Å². The number of amides is 1. The molecule has 0 saturated carbocycles. The number of methoxy groups -OCH3 is 1. The summed E-state index contributed by atoms with van der Waals surface area (Å²) in [5.41, 5.74) is 2.34. The third-order valence-corrected chi connectivity index (χ3v) is 5.60. The zero-order valence-electron chi connectivity index (χ0n) is 19.3. The first-order valence-electron chi connectivity index (χ1n) is 10.4. The maximum absolute atomic E-state index is 13.1. The van der Waals surface area contributed by atoms with Crippen LogP contribution in [0.3, 0.4) is 0 Å². The Hall–Kier alpha value is -2.97. The Morgan fingerprint density at radius 3 is 2.50 bits per heavy atom. The van der Waals surface area contributed by atoms with Gasteiger partial charge in [-0.2, -0.15) is 0 Å². The number of rotatable bonds is 7. The molecule has 0 atom stereocenters. The largest absolute Gasteiger partial charge is 0.485 e. The molecule has 0 aliphatic heterocycles. The average Bonchev–Trinajstić information content (AvgIpc) is 3.25. The van der Waals surface area contributed by atoms with E-state index >= 15 is 0 Å². The molecule has 0 radical (unpaired) electrons. The molecular formula is C25H25BrClNO6. The summed E-state index contributed by atoms with van der Waals surface area (Å²) in [5.74, 6) is -0.285. The van der Waals surface area contributed by atoms with E-state index in [1.165, 1.54) is 23.6 Å². The van der Waals surface area contributed by atoms with Gasteiger partial charge in [0.05, 0.1) is 17.3 Å². The van der Waals surface area contributed by atoms with Crippen LogP contribution in [0.1, 0.15) is 36.9 Å². The van der Waals surface area contributed by atoms with Crippen molar-refractivity contribution in [2.45, 2.75) is 33.0 Å². The highest BCUT2D eigenvalue weighted by Crippen LogP contribution is 2.42. The Kier molecular flexibility index (Phi) is 8.28. The number of esters is 1. The van der Waals surface area contributed by atoms with Gasteiger partial charge in [-0.1, -0.05) is 48.0 Å². The summed E-state index contributed by atoms with van der Waals surface area (Å²) in [6, 6.07) is 12.8. The van der Waals surface area contributed by atoms with Crippen molar-refractivity contribution in [3.8, 4) is 5.75 Å². The van der Waals surface area contributed by atoms with Gasteiger partial charge in [0.1, 0.15) is 12.2 Å². The highest BCUT2D eigenvalue weighted by atomic mass is 79.9. The number of carbonyl (C=O) groups is 2. The molecule has 1 aromatic heterocycles. The smallest absolute Gasteiger partial charge is 0.415 e. The van der Waals surface area contributed by atoms with Gasteiger partial charge in [-0.25, -0.2) is 9.59 Å². The van der Waals surface area contributed by atoms with Crippen LogP contribution in [0.25, 0.3) is 11.0 Å². The number of hydrogen-bond donors (Lipinski definition) is 0. The van der Waals surface area contributed by atoms with Crippen molar-refractivity contribution in [3.05, 3.63) is 69.9 Å². The third kappa shape index (κ3) is 6.12. The minimum atomic E-state index is -0.711. The lowest BCUT2D eigenvalue weighted by molar-refractivity contribution is 0.0563. The molecule has 3 aromatic rings. The van der Waals surface area contributed by atoms with Crippen molar-refractivity contribution >= 4 is 56.3 Å². The number of furan rings is 1. The molecule has 0 unspecified atom stereocenters. The minimum Gasteiger partial charge on any atom is -0.485 e. The minimum absolute atomic E-state index is 0.00406. The van der Waals surface area contributed by atoms with E-state index in [0.29, 0.717) is 26.9 Å². The maximum atomic E-state index is 13.1. The Labute approximate surface area is 211 Å². The number of carbonyl (C=O) groups excluding carboxylic acids is 2. The van der Waals surface area contributed by atoms with E-state index in [4.69, 9.17) is 30.2 Å². The molecule has 180 valence electrons. The van der Waals surface area contributed by atoms with Crippen molar-refractivity contribution in [2.24, 2.45) is 0 Å². The van der Waals surface area contributed by atoms with Gasteiger partial charge in [-0.3, -0.25) is 4.90 Å². The number of halogens is 2. The Balaban J connectivity index is 2.14. The van der Waals surface area contributed by atoms with Crippen molar-refractivity contribution in [1.29, 1.82) is 0 Å². The molecule has 0 bridgehead atoms. The highest BCUT2D eigenvalue weighted by molar-refractivity contribution is 9.10. The molecule has 3 rings (SSSR count). The summed E-state index contributed by atoms with van der Waals surface area (Å²) in [4.78, 5) is 26.6. The van der Waals surface area contributed by atoms with Gasteiger partial charge in [0.2, 0.25) is 5.76 Å². The first kappa shape index (κ1) is 25.6. The zero-order valence-corrected chi connectivity index (χ0v) is 21.6. The highest BCUT2D eigenvalue weighted by Gasteiger charge is 2.28. The van der Waals surface area contributed by atoms with Crippen LogP contribution in [0.5, 0.6) is 5.75 Å². The van der Waals surface area contributed by atoms with Crippen LogP contribution in [0.2, 0.25) is 0 Å². The van der Waals surface area contributed by atoms with Gasteiger partial charge in [0.25, 0.3) is 0 Å². The fourth-order valence-electron chi connectivity index (χ4n) is 3.10. The second-order valence-electron chi connectivity index (χ2n) is 8.28. The summed E-state index contributed by atoms with van der Waals surface area (Å²) in [6.07, 6.45) is 1.04. The fraction of sp³-hybridized carbons (Fsp3) is 0.280. The van der Waals surface area contributed by atoms with E-state index in [0.717, 1.165) is 5.56 Å². The molecule has 1 heterocycles. The van der Waals surface area contributed by atoms with Crippen molar-refractivity contribution in [1.82, 2.24) is 0 Å². The predicted molar refractivity (Wildman–Crippen MR) is 135 cm³/mol. The molecule has 2 aromatic carbocycles. The van der Waals surface area contributed by atoms with Gasteiger partial charge in [0, 0.05) is 29.6 Å². The molecule has 0 spiro atoms. The number of benzene rings is 2. The average molecular weight is 551 g/mol. The number of hydrogen-bond acceptors (Lipinski definition) is 6. The van der Waals surface area contributed by atoms with E-state index in [9.17, 15) is 9.59 Å². The zero-order chi connectivity index (χ0) is 24.9. The molecule has 34 heavy (non-hydrogen) atoms. The standard InChI is InChI=1S/C25H25BrClNO6/c1-25(2,3)34-24(30)28(12-8-11-27)18-14-19(32-15-16-9-6-5-7-10-16)22-17(21(18)26)13-20(33-22)23(29)31-4/h5-11,13-14H,12,15H2,1-4H3/b11-8+. The van der Waals surface area contributed by atoms with Gasteiger partial charge >= 0.3 is 12.1 Å². The Morgan fingerprint density at radius 1 is 1.18 bits per heavy atom. The Morgan fingerprint density at radius 2 is 1.88 bits per heavy atom. The monoisotopic (exact) mass is 549 g/mol. The molecule has 0 aliphatic carbocycles. The summed E-state index contributed by atoms with van der Waals surface area (Å²) < 4.78 is 22.8. The first-order chi connectivity index (χ1) is 16.1. The lowest BCUT2D eigenvalue weighted by Crippen LogP contribution is -2.37. The predicted octanol–water partition coefficient (Wildman–Crippen LogP) is 7.05. The third-order valence-electron chi connectivity index (χ3n) is 4.59. The molecule has 7 nitrogen and oxygen atoms in total. The summed E-state index contributed by atoms with van der Waals surface area (Å²) in [6.45, 7) is 5.74. The van der Waals surface area contributed by atoms with Crippen LogP contribution in [0, 0.1) is 0 Å². The number of nitrogens with zero attached hydrogens (tertiary/aromatic N) is 1. The first-order valence-corrected chi connectivity index (χ1v) is 11.6. The van der Waals surface area contributed by atoms with Crippen LogP contribution >= 0.6 is 27.5 Å². The summed E-state index contributed by atoms with van der Waals surface area (Å²) in [5, 5.41) is 0.532. The molecule has 0 saturated heterocycles. The number of ether oxygens (including phenoxy) is 3.